The normalized spacial score (nSPS) is 18.3. The van der Waals surface area contributed by atoms with Gasteiger partial charge in [0.05, 0.1) is 5.69 Å². The second-order valence-electron chi connectivity index (χ2n) is 6.27. The number of rotatable bonds is 5. The summed E-state index contributed by atoms with van der Waals surface area (Å²) in [6.45, 7) is 7.18. The number of amides is 2. The van der Waals surface area contributed by atoms with E-state index < -0.39 is 0 Å². The molecule has 0 N–H and O–H groups in total. The van der Waals surface area contributed by atoms with Gasteiger partial charge in [-0.3, -0.25) is 14.5 Å². The van der Waals surface area contributed by atoms with E-state index in [1.54, 1.807) is 4.90 Å². The molecule has 0 spiro atoms. The van der Waals surface area contributed by atoms with Crippen molar-refractivity contribution in [2.75, 3.05) is 50.8 Å². The van der Waals surface area contributed by atoms with Crippen LogP contribution in [0.25, 0.3) is 0 Å². The molecule has 1 fully saturated rings. The SMILES string of the molecule is CCCN1CCN(C(=O)CCN2C(=O)COc3ccccc32)CC1. The van der Waals surface area contributed by atoms with Crippen molar-refractivity contribution in [3.8, 4) is 5.75 Å². The first-order chi connectivity index (χ1) is 11.7. The third-order valence-electron chi connectivity index (χ3n) is 4.62. The highest BCUT2D eigenvalue weighted by molar-refractivity contribution is 5.98. The number of nitrogens with zero attached hydrogens (tertiary/aromatic N) is 3. The molecule has 0 bridgehead atoms. The van der Waals surface area contributed by atoms with Crippen LogP contribution in [0.4, 0.5) is 5.69 Å². The van der Waals surface area contributed by atoms with Gasteiger partial charge in [0.25, 0.3) is 5.91 Å². The van der Waals surface area contributed by atoms with Crippen molar-refractivity contribution in [3.63, 3.8) is 0 Å². The van der Waals surface area contributed by atoms with E-state index in [-0.39, 0.29) is 18.4 Å². The largest absolute Gasteiger partial charge is 0.482 e. The Balaban J connectivity index is 1.54. The highest BCUT2D eigenvalue weighted by Crippen LogP contribution is 2.31. The fourth-order valence-electron chi connectivity index (χ4n) is 3.30. The zero-order valence-electron chi connectivity index (χ0n) is 14.2. The smallest absolute Gasteiger partial charge is 0.265 e. The van der Waals surface area contributed by atoms with Gasteiger partial charge in [-0.2, -0.15) is 0 Å². The van der Waals surface area contributed by atoms with Gasteiger partial charge in [-0.15, -0.1) is 0 Å². The molecule has 6 heteroatoms. The Kier molecular flexibility index (Phi) is 5.35. The summed E-state index contributed by atoms with van der Waals surface area (Å²) >= 11 is 0. The van der Waals surface area contributed by atoms with E-state index in [4.69, 9.17) is 4.74 Å². The molecular formula is C18H25N3O3. The lowest BCUT2D eigenvalue weighted by molar-refractivity contribution is -0.132. The van der Waals surface area contributed by atoms with Gasteiger partial charge in [-0.1, -0.05) is 19.1 Å². The molecule has 0 unspecified atom stereocenters. The molecule has 1 saturated heterocycles. The maximum atomic E-state index is 12.5. The number of carbonyl (C=O) groups excluding carboxylic acids is 2. The number of anilines is 1. The molecule has 0 aliphatic carbocycles. The second kappa shape index (κ2) is 7.66. The van der Waals surface area contributed by atoms with E-state index in [9.17, 15) is 9.59 Å². The maximum Gasteiger partial charge on any atom is 0.265 e. The minimum atomic E-state index is -0.0886. The van der Waals surface area contributed by atoms with E-state index in [0.717, 1.165) is 44.8 Å². The molecule has 1 aromatic carbocycles. The average molecular weight is 331 g/mol. The van der Waals surface area contributed by atoms with Crippen molar-refractivity contribution in [2.45, 2.75) is 19.8 Å². The Morgan fingerprint density at radius 3 is 2.62 bits per heavy atom. The van der Waals surface area contributed by atoms with Gasteiger partial charge in [0, 0.05) is 39.1 Å². The molecule has 0 radical (unpaired) electrons. The number of carbonyl (C=O) groups is 2. The lowest BCUT2D eigenvalue weighted by atomic mass is 10.2. The quantitative estimate of drug-likeness (QED) is 0.817. The Morgan fingerprint density at radius 1 is 1.12 bits per heavy atom. The number of hydrogen-bond acceptors (Lipinski definition) is 4. The van der Waals surface area contributed by atoms with Crippen molar-refractivity contribution < 1.29 is 14.3 Å². The molecular weight excluding hydrogens is 306 g/mol. The van der Waals surface area contributed by atoms with Crippen LogP contribution in [0.15, 0.2) is 24.3 Å². The highest BCUT2D eigenvalue weighted by atomic mass is 16.5. The Labute approximate surface area is 143 Å². The topological polar surface area (TPSA) is 53.1 Å². The van der Waals surface area contributed by atoms with Gasteiger partial charge < -0.3 is 14.5 Å². The van der Waals surface area contributed by atoms with E-state index in [1.807, 2.05) is 29.2 Å². The molecule has 1 aromatic rings. The lowest BCUT2D eigenvalue weighted by Crippen LogP contribution is -2.49. The van der Waals surface area contributed by atoms with E-state index in [1.165, 1.54) is 0 Å². The van der Waals surface area contributed by atoms with Crippen LogP contribution in [0.1, 0.15) is 19.8 Å². The molecule has 2 aliphatic heterocycles. The monoisotopic (exact) mass is 331 g/mol. The molecule has 2 aliphatic rings. The summed E-state index contributed by atoms with van der Waals surface area (Å²) < 4.78 is 5.43. The summed E-state index contributed by atoms with van der Waals surface area (Å²) in [4.78, 5) is 30.6. The molecule has 3 rings (SSSR count). The maximum absolute atomic E-state index is 12.5. The van der Waals surface area contributed by atoms with Crippen LogP contribution < -0.4 is 9.64 Å². The summed E-state index contributed by atoms with van der Waals surface area (Å²) in [7, 11) is 0. The first-order valence-electron chi connectivity index (χ1n) is 8.71. The Morgan fingerprint density at radius 2 is 1.88 bits per heavy atom. The highest BCUT2D eigenvalue weighted by Gasteiger charge is 2.27. The van der Waals surface area contributed by atoms with Crippen LogP contribution in [0, 0.1) is 0 Å². The molecule has 0 saturated carbocycles. The summed E-state index contributed by atoms with van der Waals surface area (Å²) in [5.41, 5.74) is 0.759. The van der Waals surface area contributed by atoms with Gasteiger partial charge in [0.2, 0.25) is 5.91 Å². The average Bonchev–Trinajstić information content (AvgIpc) is 2.61. The number of piperazine rings is 1. The number of fused-ring (bicyclic) bond motifs is 1. The van der Waals surface area contributed by atoms with E-state index >= 15 is 0 Å². The van der Waals surface area contributed by atoms with Gasteiger partial charge in [0.15, 0.2) is 6.61 Å². The molecule has 130 valence electrons. The zero-order valence-corrected chi connectivity index (χ0v) is 14.2. The minimum absolute atomic E-state index is 0.0426. The Hall–Kier alpha value is -2.08. The van der Waals surface area contributed by atoms with Gasteiger partial charge >= 0.3 is 0 Å². The number of benzene rings is 1. The molecule has 0 atom stereocenters. The second-order valence-corrected chi connectivity index (χ2v) is 6.27. The zero-order chi connectivity index (χ0) is 16.9. The van der Waals surface area contributed by atoms with E-state index in [0.29, 0.717) is 18.7 Å². The summed E-state index contributed by atoms with van der Waals surface area (Å²) in [5, 5.41) is 0. The third kappa shape index (κ3) is 3.70. The van der Waals surface area contributed by atoms with Crippen LogP contribution in [0.3, 0.4) is 0 Å². The lowest BCUT2D eigenvalue weighted by Gasteiger charge is -2.35. The van der Waals surface area contributed by atoms with Crippen molar-refractivity contribution in [2.24, 2.45) is 0 Å². The Bertz CT molecular complexity index is 597. The molecule has 24 heavy (non-hydrogen) atoms. The minimum Gasteiger partial charge on any atom is -0.482 e. The molecule has 2 heterocycles. The molecule has 2 amide bonds. The first-order valence-corrected chi connectivity index (χ1v) is 8.71. The standard InChI is InChI=1S/C18H25N3O3/c1-2-8-19-10-12-20(13-11-19)17(22)7-9-21-15-5-3-4-6-16(15)24-14-18(21)23/h3-6H,2,7-14H2,1H3. The first kappa shape index (κ1) is 16.8. The third-order valence-corrected chi connectivity index (χ3v) is 4.62. The summed E-state index contributed by atoms with van der Waals surface area (Å²) in [6.07, 6.45) is 1.50. The number of hydrogen-bond donors (Lipinski definition) is 0. The summed E-state index contributed by atoms with van der Waals surface area (Å²) in [5.74, 6) is 0.745. The van der Waals surface area contributed by atoms with Crippen LogP contribution >= 0.6 is 0 Å². The van der Waals surface area contributed by atoms with Crippen LogP contribution in [0.2, 0.25) is 0 Å². The van der Waals surface area contributed by atoms with Crippen LogP contribution in [0.5, 0.6) is 5.75 Å². The van der Waals surface area contributed by atoms with Crippen molar-refractivity contribution >= 4 is 17.5 Å². The van der Waals surface area contributed by atoms with Gasteiger partial charge in [-0.05, 0) is 25.1 Å². The predicted octanol–water partition coefficient (Wildman–Crippen LogP) is 1.36. The number of ether oxygens (including phenoxy) is 1. The molecule has 0 aromatic heterocycles. The van der Waals surface area contributed by atoms with Crippen molar-refractivity contribution in [1.82, 2.24) is 9.80 Å². The molecule has 6 nitrogen and oxygen atoms in total. The van der Waals surface area contributed by atoms with E-state index in [2.05, 4.69) is 11.8 Å². The van der Waals surface area contributed by atoms with Crippen molar-refractivity contribution in [1.29, 1.82) is 0 Å². The number of para-hydroxylation sites is 2. The summed E-state index contributed by atoms with van der Waals surface area (Å²) in [6, 6.07) is 7.47. The predicted molar refractivity (Wildman–Crippen MR) is 92.2 cm³/mol. The fourth-order valence-corrected chi connectivity index (χ4v) is 3.30. The fraction of sp³-hybridized carbons (Fsp3) is 0.556. The van der Waals surface area contributed by atoms with Crippen LogP contribution in [-0.4, -0.2) is 67.5 Å². The van der Waals surface area contributed by atoms with Crippen molar-refractivity contribution in [3.05, 3.63) is 24.3 Å². The van der Waals surface area contributed by atoms with Crippen LogP contribution in [-0.2, 0) is 9.59 Å². The van der Waals surface area contributed by atoms with Gasteiger partial charge in [-0.25, -0.2) is 0 Å². The van der Waals surface area contributed by atoms with Gasteiger partial charge in [0.1, 0.15) is 5.75 Å².